The molecule has 0 aromatic carbocycles. The summed E-state index contributed by atoms with van der Waals surface area (Å²) in [6.07, 6.45) is 1.42. The molecule has 4 heteroatoms. The predicted molar refractivity (Wildman–Crippen MR) is 34.4 cm³/mol. The van der Waals surface area contributed by atoms with E-state index >= 15 is 0 Å². The minimum atomic E-state index is -2.42. The maximum Gasteiger partial charge on any atom is 0.264 e. The molecule has 0 aromatic rings. The highest BCUT2D eigenvalue weighted by Gasteiger charge is 2.21. The van der Waals surface area contributed by atoms with Crippen LogP contribution in [0.25, 0.3) is 0 Å². The summed E-state index contributed by atoms with van der Waals surface area (Å²) in [5, 5.41) is 0. The summed E-state index contributed by atoms with van der Waals surface area (Å²) in [4.78, 5) is 17.4. The van der Waals surface area contributed by atoms with Gasteiger partial charge in [0.05, 0.1) is 0 Å². The molecule has 0 rings (SSSR count). The molecule has 0 saturated heterocycles. The van der Waals surface area contributed by atoms with E-state index in [0.29, 0.717) is 6.16 Å². The zero-order valence-electron chi connectivity index (χ0n) is 5.20. The molecule has 52 valence electrons. The highest BCUT2D eigenvalue weighted by molar-refractivity contribution is 7.63. The second kappa shape index (κ2) is 4.21. The van der Waals surface area contributed by atoms with Crippen LogP contribution in [0.15, 0.2) is 0 Å². The van der Waals surface area contributed by atoms with Crippen LogP contribution in [0.2, 0.25) is 0 Å². The minimum Gasteiger partial charge on any atom is -0.870 e. The van der Waals surface area contributed by atoms with E-state index < -0.39 is 7.72 Å². The zero-order chi connectivity index (χ0) is 5.91. The first kappa shape index (κ1) is 11.2. The van der Waals surface area contributed by atoms with E-state index in [-0.39, 0.29) is 5.48 Å². The Morgan fingerprint density at radius 2 is 1.75 bits per heavy atom. The lowest BCUT2D eigenvalue weighted by molar-refractivity contribution is 0.457. The summed E-state index contributed by atoms with van der Waals surface area (Å²) in [5.74, 6) is 0. The highest BCUT2D eigenvalue weighted by Crippen LogP contribution is 2.45. The van der Waals surface area contributed by atoms with Crippen molar-refractivity contribution >= 4 is 7.72 Å². The van der Waals surface area contributed by atoms with Crippen LogP contribution < -0.4 is 0 Å². The third-order valence-corrected chi connectivity index (χ3v) is 1.94. The quantitative estimate of drug-likeness (QED) is 0.554. The van der Waals surface area contributed by atoms with E-state index in [0.717, 1.165) is 6.42 Å². The molecular formula is C4H13O3P. The highest BCUT2D eigenvalue weighted by atomic mass is 31.2. The van der Waals surface area contributed by atoms with Gasteiger partial charge in [0.25, 0.3) is 7.72 Å². The van der Waals surface area contributed by atoms with Crippen LogP contribution in [0.1, 0.15) is 13.3 Å². The monoisotopic (exact) mass is 140 g/mol. The number of hydrogen-bond donors (Lipinski definition) is 2. The zero-order valence-corrected chi connectivity index (χ0v) is 6.10. The molecule has 8 heavy (non-hydrogen) atoms. The first-order valence-corrected chi connectivity index (χ1v) is 4.70. The topological polar surface area (TPSA) is 70.5 Å². The molecule has 0 bridgehead atoms. The fraction of sp³-hybridized carbons (Fsp3) is 1.00. The average Bonchev–Trinajstić information content (AvgIpc) is 1.30. The van der Waals surface area contributed by atoms with E-state index in [1.54, 1.807) is 0 Å². The van der Waals surface area contributed by atoms with E-state index in [1.807, 2.05) is 6.92 Å². The molecule has 0 aliphatic rings. The van der Waals surface area contributed by atoms with Crippen molar-refractivity contribution in [2.75, 3.05) is 12.8 Å². The van der Waals surface area contributed by atoms with E-state index in [4.69, 9.17) is 9.79 Å². The van der Waals surface area contributed by atoms with Crippen molar-refractivity contribution in [3.05, 3.63) is 0 Å². The van der Waals surface area contributed by atoms with Gasteiger partial charge in [0.1, 0.15) is 12.8 Å². The lowest BCUT2D eigenvalue weighted by atomic mass is 10.6. The second-order valence-electron chi connectivity index (χ2n) is 1.81. The fourth-order valence-corrected chi connectivity index (χ4v) is 1.27. The summed E-state index contributed by atoms with van der Waals surface area (Å²) < 4.78 is 0. The maximum atomic E-state index is 8.68. The average molecular weight is 140 g/mol. The Morgan fingerprint density at radius 3 is 1.75 bits per heavy atom. The Bertz CT molecular complexity index is 49.7. The smallest absolute Gasteiger partial charge is 0.264 e. The first-order valence-electron chi connectivity index (χ1n) is 2.37. The van der Waals surface area contributed by atoms with Crippen LogP contribution in [-0.4, -0.2) is 28.1 Å². The third-order valence-electron chi connectivity index (χ3n) is 0.647. The van der Waals surface area contributed by atoms with Gasteiger partial charge in [-0.3, -0.25) is 0 Å². The minimum absolute atomic E-state index is 0. The van der Waals surface area contributed by atoms with Crippen molar-refractivity contribution in [1.29, 1.82) is 0 Å². The Labute approximate surface area is 50.2 Å². The summed E-state index contributed by atoms with van der Waals surface area (Å²) >= 11 is 0. The molecule has 0 aliphatic heterocycles. The van der Waals surface area contributed by atoms with Crippen molar-refractivity contribution in [2.24, 2.45) is 0 Å². The second-order valence-corrected chi connectivity index (χ2v) is 4.44. The van der Waals surface area contributed by atoms with Gasteiger partial charge in [-0.15, -0.1) is 0 Å². The number of hydrogen-bond acceptors (Lipinski definition) is 3. The number of rotatable bonds is 2. The van der Waals surface area contributed by atoms with Gasteiger partial charge in [0.15, 0.2) is 0 Å². The van der Waals surface area contributed by atoms with Crippen LogP contribution in [0.5, 0.6) is 0 Å². The van der Waals surface area contributed by atoms with Crippen LogP contribution in [0.4, 0.5) is 0 Å². The van der Waals surface area contributed by atoms with Crippen molar-refractivity contribution in [3.8, 4) is 0 Å². The van der Waals surface area contributed by atoms with Gasteiger partial charge >= 0.3 is 0 Å². The Kier molecular flexibility index (Phi) is 5.88. The van der Waals surface area contributed by atoms with Gasteiger partial charge in [-0.05, 0) is 6.42 Å². The molecule has 0 aliphatic carbocycles. The van der Waals surface area contributed by atoms with Crippen molar-refractivity contribution in [1.82, 2.24) is 0 Å². The van der Waals surface area contributed by atoms with Crippen LogP contribution in [-0.2, 0) is 0 Å². The molecule has 0 amide bonds. The molecule has 3 N–H and O–H groups in total. The normalized spacial score (nSPS) is 10.5. The van der Waals surface area contributed by atoms with Crippen molar-refractivity contribution in [2.45, 2.75) is 13.3 Å². The molecule has 0 radical (unpaired) electrons. The SMILES string of the molecule is CCC[P+](C)(O)O.[OH-]. The Hall–Kier alpha value is 0.310. The molecule has 0 aromatic heterocycles. The third kappa shape index (κ3) is 9.58. The van der Waals surface area contributed by atoms with Crippen molar-refractivity contribution in [3.63, 3.8) is 0 Å². The van der Waals surface area contributed by atoms with Crippen LogP contribution >= 0.6 is 7.72 Å². The Balaban J connectivity index is 0. The van der Waals surface area contributed by atoms with Gasteiger partial charge < -0.3 is 5.48 Å². The largest absolute Gasteiger partial charge is 0.870 e. The summed E-state index contributed by atoms with van der Waals surface area (Å²) in [5.41, 5.74) is 0. The molecule has 0 saturated carbocycles. The van der Waals surface area contributed by atoms with E-state index in [1.165, 1.54) is 6.66 Å². The molecule has 0 unspecified atom stereocenters. The predicted octanol–water partition coefficient (Wildman–Crippen LogP) is 0.682. The summed E-state index contributed by atoms with van der Waals surface area (Å²) in [6.45, 7) is 3.43. The van der Waals surface area contributed by atoms with Crippen molar-refractivity contribution < 1.29 is 15.3 Å². The maximum absolute atomic E-state index is 8.68. The van der Waals surface area contributed by atoms with Crippen LogP contribution in [0.3, 0.4) is 0 Å². The summed E-state index contributed by atoms with van der Waals surface area (Å²) in [6, 6.07) is 0. The molecule has 3 nitrogen and oxygen atoms in total. The van der Waals surface area contributed by atoms with Gasteiger partial charge in [0.2, 0.25) is 0 Å². The Morgan fingerprint density at radius 1 is 1.38 bits per heavy atom. The fourth-order valence-electron chi connectivity index (χ4n) is 0.424. The van der Waals surface area contributed by atoms with Gasteiger partial charge in [-0.1, -0.05) is 6.92 Å². The summed E-state index contributed by atoms with van der Waals surface area (Å²) in [7, 11) is -2.42. The lowest BCUT2D eigenvalue weighted by Crippen LogP contribution is -1.90. The van der Waals surface area contributed by atoms with E-state index in [2.05, 4.69) is 0 Å². The van der Waals surface area contributed by atoms with Gasteiger partial charge in [-0.25, -0.2) is 9.79 Å². The van der Waals surface area contributed by atoms with Gasteiger partial charge in [0, 0.05) is 0 Å². The molecule has 0 spiro atoms. The van der Waals surface area contributed by atoms with E-state index in [9.17, 15) is 0 Å². The first-order chi connectivity index (χ1) is 3.06. The van der Waals surface area contributed by atoms with Crippen LogP contribution in [0, 0.1) is 0 Å². The molecule has 0 heterocycles. The van der Waals surface area contributed by atoms with Gasteiger partial charge in [-0.2, -0.15) is 0 Å². The molecule has 0 atom stereocenters. The standard InChI is InChI=1S/C4H12O2P.H2O/c1-3-4-7(2,5)6;/h5-6H,3-4H2,1-2H3;1H2/q+1;/p-1. The lowest BCUT2D eigenvalue weighted by Gasteiger charge is -2.01. The molecular weight excluding hydrogens is 127 g/mol. The molecule has 0 fully saturated rings.